The number of nitrogens with zero attached hydrogens (tertiary/aromatic N) is 1. The summed E-state index contributed by atoms with van der Waals surface area (Å²) < 4.78 is 5.88. The zero-order chi connectivity index (χ0) is 16.3. The summed E-state index contributed by atoms with van der Waals surface area (Å²) in [5.41, 5.74) is 2.45. The Hall–Kier alpha value is -1.84. The van der Waals surface area contributed by atoms with E-state index in [-0.39, 0.29) is 0 Å². The van der Waals surface area contributed by atoms with Crippen molar-refractivity contribution in [1.29, 1.82) is 0 Å². The maximum absolute atomic E-state index is 5.88. The van der Waals surface area contributed by atoms with Gasteiger partial charge < -0.3 is 15.0 Å². The molecular formula is C20H28N2O. The van der Waals surface area contributed by atoms with E-state index in [4.69, 9.17) is 4.74 Å². The summed E-state index contributed by atoms with van der Waals surface area (Å²) in [6, 6.07) is 18.6. The highest BCUT2D eigenvalue weighted by Gasteiger charge is 2.00. The molecule has 2 aromatic carbocycles. The Balaban J connectivity index is 1.76. The van der Waals surface area contributed by atoms with Crippen LogP contribution in [0.4, 0.5) is 0 Å². The number of nitrogens with one attached hydrogen (secondary N) is 1. The number of hydrogen-bond acceptors (Lipinski definition) is 3. The molecule has 0 aliphatic heterocycles. The van der Waals surface area contributed by atoms with Gasteiger partial charge in [-0.2, -0.15) is 0 Å². The fourth-order valence-electron chi connectivity index (χ4n) is 2.50. The van der Waals surface area contributed by atoms with Crippen LogP contribution in [0.5, 0.6) is 5.75 Å². The normalized spacial score (nSPS) is 10.9. The first-order valence-electron chi connectivity index (χ1n) is 8.50. The van der Waals surface area contributed by atoms with Crippen LogP contribution in [0.1, 0.15) is 25.0 Å². The van der Waals surface area contributed by atoms with E-state index >= 15 is 0 Å². The van der Waals surface area contributed by atoms with Crippen molar-refractivity contribution in [2.75, 3.05) is 26.2 Å². The first-order valence-corrected chi connectivity index (χ1v) is 8.50. The highest BCUT2D eigenvalue weighted by molar-refractivity contribution is 5.29. The lowest BCUT2D eigenvalue weighted by Crippen LogP contribution is -2.31. The standard InChI is InChI=1S/C20H28N2O/c1-3-22(4-2)14-13-21-16-19-11-8-12-20(15-19)23-17-18-9-6-5-7-10-18/h5-12,15,21H,3-4,13-14,16-17H2,1-2H3. The summed E-state index contributed by atoms with van der Waals surface area (Å²) in [7, 11) is 0. The Labute approximate surface area is 140 Å². The molecule has 0 bridgehead atoms. The van der Waals surface area contributed by atoms with Crippen molar-refractivity contribution in [1.82, 2.24) is 10.2 Å². The van der Waals surface area contributed by atoms with Crippen LogP contribution >= 0.6 is 0 Å². The van der Waals surface area contributed by atoms with Crippen molar-refractivity contribution in [3.05, 3.63) is 65.7 Å². The average Bonchev–Trinajstić information content (AvgIpc) is 2.61. The Morgan fingerprint density at radius 2 is 1.65 bits per heavy atom. The Morgan fingerprint density at radius 1 is 0.913 bits per heavy atom. The zero-order valence-electron chi connectivity index (χ0n) is 14.3. The van der Waals surface area contributed by atoms with Gasteiger partial charge >= 0.3 is 0 Å². The molecule has 0 radical (unpaired) electrons. The van der Waals surface area contributed by atoms with E-state index in [0.29, 0.717) is 6.61 Å². The first kappa shape index (κ1) is 17.5. The minimum atomic E-state index is 0.611. The maximum atomic E-state index is 5.88. The van der Waals surface area contributed by atoms with Crippen LogP contribution in [-0.4, -0.2) is 31.1 Å². The number of benzene rings is 2. The SMILES string of the molecule is CCN(CC)CCNCc1cccc(OCc2ccccc2)c1. The molecule has 2 aromatic rings. The molecule has 0 saturated carbocycles. The second-order valence-electron chi connectivity index (χ2n) is 5.63. The Morgan fingerprint density at radius 3 is 2.39 bits per heavy atom. The monoisotopic (exact) mass is 312 g/mol. The van der Waals surface area contributed by atoms with Crippen molar-refractivity contribution in [2.45, 2.75) is 27.0 Å². The highest BCUT2D eigenvalue weighted by Crippen LogP contribution is 2.15. The van der Waals surface area contributed by atoms with Crippen LogP contribution in [0, 0.1) is 0 Å². The third kappa shape index (κ3) is 6.43. The molecule has 0 aliphatic carbocycles. The predicted octanol–water partition coefficient (Wildman–Crippen LogP) is 3.70. The minimum absolute atomic E-state index is 0.611. The summed E-state index contributed by atoms with van der Waals surface area (Å²) in [5.74, 6) is 0.928. The van der Waals surface area contributed by atoms with Gasteiger partial charge in [-0.25, -0.2) is 0 Å². The molecule has 124 valence electrons. The largest absolute Gasteiger partial charge is 0.489 e. The van der Waals surface area contributed by atoms with Crippen LogP contribution in [0.2, 0.25) is 0 Å². The molecule has 0 spiro atoms. The van der Waals surface area contributed by atoms with Gasteiger partial charge in [-0.1, -0.05) is 56.3 Å². The fourth-order valence-corrected chi connectivity index (χ4v) is 2.50. The van der Waals surface area contributed by atoms with Gasteiger partial charge in [0.2, 0.25) is 0 Å². The lowest BCUT2D eigenvalue weighted by atomic mass is 10.2. The van der Waals surface area contributed by atoms with E-state index in [2.05, 4.69) is 54.4 Å². The molecule has 2 rings (SSSR count). The smallest absolute Gasteiger partial charge is 0.120 e. The van der Waals surface area contributed by atoms with Crippen LogP contribution < -0.4 is 10.1 Å². The van der Waals surface area contributed by atoms with Crippen LogP contribution in [0.3, 0.4) is 0 Å². The van der Waals surface area contributed by atoms with Crippen molar-refractivity contribution in [3.8, 4) is 5.75 Å². The minimum Gasteiger partial charge on any atom is -0.489 e. The maximum Gasteiger partial charge on any atom is 0.120 e. The van der Waals surface area contributed by atoms with E-state index in [1.54, 1.807) is 0 Å². The topological polar surface area (TPSA) is 24.5 Å². The van der Waals surface area contributed by atoms with E-state index in [9.17, 15) is 0 Å². The lowest BCUT2D eigenvalue weighted by Gasteiger charge is -2.18. The summed E-state index contributed by atoms with van der Waals surface area (Å²) >= 11 is 0. The third-order valence-electron chi connectivity index (χ3n) is 3.98. The average molecular weight is 312 g/mol. The van der Waals surface area contributed by atoms with Crippen molar-refractivity contribution in [3.63, 3.8) is 0 Å². The quantitative estimate of drug-likeness (QED) is 0.677. The highest BCUT2D eigenvalue weighted by atomic mass is 16.5. The van der Waals surface area contributed by atoms with E-state index in [0.717, 1.165) is 38.5 Å². The molecule has 0 aliphatic rings. The number of hydrogen-bond donors (Lipinski definition) is 1. The van der Waals surface area contributed by atoms with Gasteiger partial charge in [0.1, 0.15) is 12.4 Å². The zero-order valence-corrected chi connectivity index (χ0v) is 14.3. The molecule has 3 nitrogen and oxygen atoms in total. The molecule has 0 fully saturated rings. The lowest BCUT2D eigenvalue weighted by molar-refractivity contribution is 0.301. The molecule has 0 atom stereocenters. The van der Waals surface area contributed by atoms with Gasteiger partial charge in [-0.05, 0) is 36.3 Å². The molecule has 0 unspecified atom stereocenters. The predicted molar refractivity (Wildman–Crippen MR) is 96.7 cm³/mol. The molecular weight excluding hydrogens is 284 g/mol. The Bertz CT molecular complexity index is 553. The molecule has 0 aromatic heterocycles. The van der Waals surface area contributed by atoms with Gasteiger partial charge in [0.15, 0.2) is 0 Å². The molecule has 0 amide bonds. The number of ether oxygens (including phenoxy) is 1. The second kappa shape index (κ2) is 10.0. The second-order valence-corrected chi connectivity index (χ2v) is 5.63. The number of rotatable bonds is 10. The number of likely N-dealkylation sites (N-methyl/N-ethyl adjacent to an activating group) is 1. The summed E-state index contributed by atoms with van der Waals surface area (Å²) in [4.78, 5) is 2.42. The van der Waals surface area contributed by atoms with Gasteiger partial charge in [-0.3, -0.25) is 0 Å². The fraction of sp³-hybridized carbons (Fsp3) is 0.400. The molecule has 23 heavy (non-hydrogen) atoms. The Kier molecular flexibility index (Phi) is 7.64. The molecule has 3 heteroatoms. The van der Waals surface area contributed by atoms with Crippen LogP contribution in [0.15, 0.2) is 54.6 Å². The van der Waals surface area contributed by atoms with Crippen molar-refractivity contribution >= 4 is 0 Å². The molecule has 0 heterocycles. The van der Waals surface area contributed by atoms with Crippen molar-refractivity contribution in [2.24, 2.45) is 0 Å². The van der Waals surface area contributed by atoms with Gasteiger partial charge in [0, 0.05) is 19.6 Å². The van der Waals surface area contributed by atoms with E-state index < -0.39 is 0 Å². The molecule has 0 saturated heterocycles. The summed E-state index contributed by atoms with van der Waals surface area (Å²) in [6.45, 7) is 10.2. The first-order chi connectivity index (χ1) is 11.3. The van der Waals surface area contributed by atoms with Gasteiger partial charge in [0.25, 0.3) is 0 Å². The van der Waals surface area contributed by atoms with Gasteiger partial charge in [0.05, 0.1) is 0 Å². The summed E-state index contributed by atoms with van der Waals surface area (Å²) in [6.07, 6.45) is 0. The van der Waals surface area contributed by atoms with Crippen molar-refractivity contribution < 1.29 is 4.74 Å². The van der Waals surface area contributed by atoms with E-state index in [1.165, 1.54) is 11.1 Å². The van der Waals surface area contributed by atoms with Crippen LogP contribution in [0.25, 0.3) is 0 Å². The third-order valence-corrected chi connectivity index (χ3v) is 3.98. The van der Waals surface area contributed by atoms with Gasteiger partial charge in [-0.15, -0.1) is 0 Å². The molecule has 1 N–H and O–H groups in total. The van der Waals surface area contributed by atoms with E-state index in [1.807, 2.05) is 24.3 Å². The van der Waals surface area contributed by atoms with Crippen LogP contribution in [-0.2, 0) is 13.2 Å². The summed E-state index contributed by atoms with van der Waals surface area (Å²) in [5, 5.41) is 3.50.